The second-order valence-electron chi connectivity index (χ2n) is 5.93. The fourth-order valence-electron chi connectivity index (χ4n) is 1.81. The molecular weight excluding hydrogens is 224 g/mol. The standard InChI is InChI=1S/C11H22N2O2S/c1-10(2,3)15-9(14)12-7-6-11(4,5)13-8(7)16/h7-8,13,16H,6H2,1-5H3,(H,12,14). The monoisotopic (exact) mass is 246 g/mol. The van der Waals surface area contributed by atoms with Gasteiger partial charge in [0.25, 0.3) is 0 Å². The van der Waals surface area contributed by atoms with Crippen molar-refractivity contribution in [1.82, 2.24) is 10.6 Å². The second-order valence-corrected chi connectivity index (χ2v) is 6.49. The van der Waals surface area contributed by atoms with Gasteiger partial charge in [-0.2, -0.15) is 12.6 Å². The quantitative estimate of drug-likeness (QED) is 0.619. The van der Waals surface area contributed by atoms with Crippen molar-refractivity contribution in [3.05, 3.63) is 0 Å². The van der Waals surface area contributed by atoms with E-state index in [1.807, 2.05) is 20.8 Å². The van der Waals surface area contributed by atoms with Crippen LogP contribution in [-0.4, -0.2) is 28.6 Å². The summed E-state index contributed by atoms with van der Waals surface area (Å²) in [5.74, 6) is 0. The average Bonchev–Trinajstić information content (AvgIpc) is 2.19. The largest absolute Gasteiger partial charge is 0.444 e. The van der Waals surface area contributed by atoms with Crippen molar-refractivity contribution in [2.45, 2.75) is 63.6 Å². The molecule has 2 N–H and O–H groups in total. The molecule has 2 atom stereocenters. The van der Waals surface area contributed by atoms with Crippen LogP contribution in [0.15, 0.2) is 0 Å². The molecule has 2 unspecified atom stereocenters. The topological polar surface area (TPSA) is 50.4 Å². The number of hydrogen-bond acceptors (Lipinski definition) is 4. The highest BCUT2D eigenvalue weighted by Gasteiger charge is 2.38. The highest BCUT2D eigenvalue weighted by atomic mass is 32.1. The predicted octanol–water partition coefficient (Wildman–Crippen LogP) is 1.91. The normalized spacial score (nSPS) is 28.9. The summed E-state index contributed by atoms with van der Waals surface area (Å²) in [7, 11) is 0. The van der Waals surface area contributed by atoms with Gasteiger partial charge in [0.15, 0.2) is 0 Å². The average molecular weight is 246 g/mol. The first-order chi connectivity index (χ1) is 7.09. The lowest BCUT2D eigenvalue weighted by atomic mass is 10.0. The van der Waals surface area contributed by atoms with E-state index in [2.05, 4.69) is 37.1 Å². The van der Waals surface area contributed by atoms with Crippen LogP contribution in [0.25, 0.3) is 0 Å². The first kappa shape index (κ1) is 13.6. The van der Waals surface area contributed by atoms with E-state index < -0.39 is 5.60 Å². The summed E-state index contributed by atoms with van der Waals surface area (Å²) in [4.78, 5) is 11.6. The smallest absolute Gasteiger partial charge is 0.407 e. The van der Waals surface area contributed by atoms with Crippen molar-refractivity contribution >= 4 is 18.7 Å². The van der Waals surface area contributed by atoms with Crippen LogP contribution in [0.4, 0.5) is 4.79 Å². The Balaban J connectivity index is 2.47. The SMILES string of the molecule is CC1(C)CC(NC(=O)OC(C)(C)C)C(S)N1. The molecule has 0 aromatic heterocycles. The second kappa shape index (κ2) is 4.45. The van der Waals surface area contributed by atoms with Crippen molar-refractivity contribution in [2.24, 2.45) is 0 Å². The zero-order chi connectivity index (χ0) is 12.6. The van der Waals surface area contributed by atoms with Crippen molar-refractivity contribution in [1.29, 1.82) is 0 Å². The molecule has 0 spiro atoms. The van der Waals surface area contributed by atoms with Crippen LogP contribution in [0, 0.1) is 0 Å². The van der Waals surface area contributed by atoms with Crippen LogP contribution < -0.4 is 10.6 Å². The summed E-state index contributed by atoms with van der Waals surface area (Å²) in [5.41, 5.74) is -0.455. The van der Waals surface area contributed by atoms with E-state index >= 15 is 0 Å². The predicted molar refractivity (Wildman–Crippen MR) is 67.8 cm³/mol. The molecule has 4 nitrogen and oxygen atoms in total. The number of carbonyl (C=O) groups excluding carboxylic acids is 1. The van der Waals surface area contributed by atoms with Crippen LogP contribution >= 0.6 is 12.6 Å². The first-order valence-electron chi connectivity index (χ1n) is 5.54. The van der Waals surface area contributed by atoms with E-state index in [9.17, 15) is 4.79 Å². The minimum Gasteiger partial charge on any atom is -0.444 e. The fraction of sp³-hybridized carbons (Fsp3) is 0.909. The Morgan fingerprint density at radius 2 is 2.06 bits per heavy atom. The third-order valence-corrected chi connectivity index (χ3v) is 2.84. The summed E-state index contributed by atoms with van der Waals surface area (Å²) < 4.78 is 5.20. The van der Waals surface area contributed by atoms with Gasteiger partial charge < -0.3 is 10.1 Å². The molecule has 1 rings (SSSR count). The van der Waals surface area contributed by atoms with E-state index in [1.54, 1.807) is 0 Å². The van der Waals surface area contributed by atoms with E-state index in [-0.39, 0.29) is 23.0 Å². The Hall–Kier alpha value is -0.420. The Kier molecular flexibility index (Phi) is 3.80. The Labute approximate surface area is 103 Å². The number of amides is 1. The van der Waals surface area contributed by atoms with Gasteiger partial charge in [0.05, 0.1) is 11.4 Å². The number of alkyl carbamates (subject to hydrolysis) is 1. The van der Waals surface area contributed by atoms with Crippen LogP contribution in [0.1, 0.15) is 41.0 Å². The Bertz CT molecular complexity index is 274. The molecule has 1 aliphatic heterocycles. The number of hydrogen-bond donors (Lipinski definition) is 3. The highest BCUT2D eigenvalue weighted by molar-refractivity contribution is 7.81. The van der Waals surface area contributed by atoms with Crippen LogP contribution in [0.5, 0.6) is 0 Å². The summed E-state index contributed by atoms with van der Waals surface area (Å²) in [5, 5.41) is 6.12. The first-order valence-corrected chi connectivity index (χ1v) is 6.06. The molecule has 1 fully saturated rings. The van der Waals surface area contributed by atoms with E-state index in [1.165, 1.54) is 0 Å². The maximum Gasteiger partial charge on any atom is 0.407 e. The molecule has 1 saturated heterocycles. The van der Waals surface area contributed by atoms with Gasteiger partial charge in [-0.25, -0.2) is 4.79 Å². The van der Waals surface area contributed by atoms with Crippen molar-refractivity contribution in [2.75, 3.05) is 0 Å². The molecule has 0 bridgehead atoms. The molecule has 0 aliphatic carbocycles. The molecule has 1 heterocycles. The van der Waals surface area contributed by atoms with Gasteiger partial charge in [-0.1, -0.05) is 0 Å². The van der Waals surface area contributed by atoms with Gasteiger partial charge in [-0.15, -0.1) is 0 Å². The molecule has 1 amide bonds. The molecule has 94 valence electrons. The number of carbonyl (C=O) groups is 1. The third kappa shape index (κ3) is 4.22. The van der Waals surface area contributed by atoms with E-state index in [0.717, 1.165) is 6.42 Å². The lowest BCUT2D eigenvalue weighted by Crippen LogP contribution is -2.43. The number of thiol groups is 1. The van der Waals surface area contributed by atoms with Crippen molar-refractivity contribution < 1.29 is 9.53 Å². The summed E-state index contributed by atoms with van der Waals surface area (Å²) in [6.45, 7) is 9.73. The van der Waals surface area contributed by atoms with Crippen LogP contribution in [0.3, 0.4) is 0 Å². The maximum absolute atomic E-state index is 11.6. The zero-order valence-electron chi connectivity index (χ0n) is 10.6. The van der Waals surface area contributed by atoms with Gasteiger partial charge >= 0.3 is 6.09 Å². The Morgan fingerprint density at radius 1 is 1.50 bits per heavy atom. The molecule has 0 saturated carbocycles. The van der Waals surface area contributed by atoms with Gasteiger partial charge in [0.2, 0.25) is 0 Å². The minimum absolute atomic E-state index is 0.00605. The minimum atomic E-state index is -0.461. The summed E-state index contributed by atoms with van der Waals surface area (Å²) in [6.07, 6.45) is 0.469. The van der Waals surface area contributed by atoms with Gasteiger partial charge in [-0.05, 0) is 41.0 Å². The van der Waals surface area contributed by atoms with Gasteiger partial charge in [0.1, 0.15) is 5.60 Å². The number of rotatable bonds is 1. The molecule has 0 aromatic carbocycles. The lowest BCUT2D eigenvalue weighted by molar-refractivity contribution is 0.0505. The van der Waals surface area contributed by atoms with E-state index in [0.29, 0.717) is 0 Å². The lowest BCUT2D eigenvalue weighted by Gasteiger charge is -2.22. The van der Waals surface area contributed by atoms with Crippen LogP contribution in [0.2, 0.25) is 0 Å². The van der Waals surface area contributed by atoms with Crippen molar-refractivity contribution in [3.8, 4) is 0 Å². The van der Waals surface area contributed by atoms with Gasteiger partial charge in [0, 0.05) is 5.54 Å². The Morgan fingerprint density at radius 3 is 2.44 bits per heavy atom. The summed E-state index contributed by atoms with van der Waals surface area (Å²) in [6, 6.07) is 0.00758. The molecule has 16 heavy (non-hydrogen) atoms. The molecule has 0 aromatic rings. The molecule has 1 aliphatic rings. The molecule has 5 heteroatoms. The number of nitrogens with one attached hydrogen (secondary N) is 2. The summed E-state index contributed by atoms with van der Waals surface area (Å²) >= 11 is 4.41. The number of ether oxygens (including phenoxy) is 1. The third-order valence-electron chi connectivity index (χ3n) is 2.35. The maximum atomic E-state index is 11.6. The van der Waals surface area contributed by atoms with Gasteiger partial charge in [-0.3, -0.25) is 5.32 Å². The highest BCUT2D eigenvalue weighted by Crippen LogP contribution is 2.25. The zero-order valence-corrected chi connectivity index (χ0v) is 11.5. The fourth-order valence-corrected chi connectivity index (χ4v) is 2.34. The van der Waals surface area contributed by atoms with Crippen LogP contribution in [-0.2, 0) is 4.74 Å². The molecular formula is C11H22N2O2S. The molecule has 0 radical (unpaired) electrons. The van der Waals surface area contributed by atoms with E-state index in [4.69, 9.17) is 4.74 Å². The van der Waals surface area contributed by atoms with Crippen molar-refractivity contribution in [3.63, 3.8) is 0 Å².